The minimum atomic E-state index is -4.21. The lowest BCUT2D eigenvalue weighted by Crippen LogP contribution is -2.28. The molecule has 6 nitrogen and oxygen atoms in total. The predicted octanol–water partition coefficient (Wildman–Crippen LogP) is 2.91. The van der Waals surface area contributed by atoms with Crippen molar-refractivity contribution in [3.8, 4) is 0 Å². The maximum absolute atomic E-state index is 13.7. The topological polar surface area (TPSA) is 84.8 Å². The van der Waals surface area contributed by atoms with E-state index in [4.69, 9.17) is 11.6 Å². The molecule has 9 heteroatoms. The summed E-state index contributed by atoms with van der Waals surface area (Å²) in [5.41, 5.74) is -0.432. The monoisotopic (exact) mass is 377 g/mol. The first-order chi connectivity index (χ1) is 11.9. The van der Waals surface area contributed by atoms with Crippen LogP contribution < -0.4 is 5.56 Å². The van der Waals surface area contributed by atoms with Gasteiger partial charge in [-0.15, -0.1) is 0 Å². The number of aromatic nitrogens is 3. The van der Waals surface area contributed by atoms with E-state index in [-0.39, 0.29) is 26.7 Å². The molecule has 126 valence electrons. The van der Waals surface area contributed by atoms with Gasteiger partial charge in [0.15, 0.2) is 0 Å². The Balaban J connectivity index is 2.18. The van der Waals surface area contributed by atoms with Crippen molar-refractivity contribution < 1.29 is 12.8 Å². The van der Waals surface area contributed by atoms with Crippen LogP contribution in [-0.2, 0) is 10.0 Å². The molecule has 0 aliphatic carbocycles. The SMILES string of the molecule is O=c1c2cn[nH]c2c2cc(F)ccc2n1S(=O)(=O)c1ccc(Cl)cc1. The number of aromatic amines is 1. The lowest BCUT2D eigenvalue weighted by atomic mass is 10.1. The quantitative estimate of drug-likeness (QED) is 0.582. The standard InChI is InChI=1S/C16H9ClFN3O3S/c17-9-1-4-11(5-2-9)25(23,24)21-14-6-3-10(18)7-12(14)15-13(16(21)22)8-19-20-15/h1-8H,(H,19,20). The molecule has 0 radical (unpaired) electrons. The van der Waals surface area contributed by atoms with Crippen molar-refractivity contribution in [2.24, 2.45) is 0 Å². The second-order valence-electron chi connectivity index (χ2n) is 5.35. The molecule has 2 aromatic heterocycles. The van der Waals surface area contributed by atoms with Gasteiger partial charge in [-0.1, -0.05) is 11.6 Å². The number of benzene rings is 2. The Morgan fingerprint density at radius 2 is 1.80 bits per heavy atom. The van der Waals surface area contributed by atoms with Gasteiger partial charge in [0.25, 0.3) is 15.6 Å². The minimum absolute atomic E-state index is 0.0515. The van der Waals surface area contributed by atoms with Gasteiger partial charge in [-0.05, 0) is 42.5 Å². The first kappa shape index (κ1) is 15.8. The van der Waals surface area contributed by atoms with Crippen LogP contribution in [0.1, 0.15) is 0 Å². The van der Waals surface area contributed by atoms with Crippen LogP contribution in [0, 0.1) is 5.82 Å². The summed E-state index contributed by atoms with van der Waals surface area (Å²) in [6, 6.07) is 8.94. The average molecular weight is 378 g/mol. The molecule has 4 aromatic rings. The summed E-state index contributed by atoms with van der Waals surface area (Å²) in [4.78, 5) is 12.7. The number of fused-ring (bicyclic) bond motifs is 3. The molecule has 0 aliphatic rings. The average Bonchev–Trinajstić information content (AvgIpc) is 3.06. The van der Waals surface area contributed by atoms with E-state index in [1.165, 1.54) is 36.5 Å². The smallest absolute Gasteiger partial charge is 0.276 e. The maximum Gasteiger partial charge on any atom is 0.276 e. The summed E-state index contributed by atoms with van der Waals surface area (Å²) in [7, 11) is -4.21. The Morgan fingerprint density at radius 1 is 1.08 bits per heavy atom. The fraction of sp³-hybridized carbons (Fsp3) is 0. The number of hydrogen-bond donors (Lipinski definition) is 1. The van der Waals surface area contributed by atoms with E-state index < -0.39 is 21.4 Å². The highest BCUT2D eigenvalue weighted by atomic mass is 35.5. The number of H-pyrrole nitrogens is 1. The third-order valence-electron chi connectivity index (χ3n) is 3.85. The highest BCUT2D eigenvalue weighted by Crippen LogP contribution is 2.25. The molecule has 0 aliphatic heterocycles. The highest BCUT2D eigenvalue weighted by Gasteiger charge is 2.24. The Hall–Kier alpha value is -2.71. The molecule has 0 amide bonds. The van der Waals surface area contributed by atoms with Crippen molar-refractivity contribution in [1.82, 2.24) is 14.2 Å². The number of nitrogens with zero attached hydrogens (tertiary/aromatic N) is 2. The third-order valence-corrected chi connectivity index (χ3v) is 5.82. The van der Waals surface area contributed by atoms with Crippen LogP contribution in [0.5, 0.6) is 0 Å². The van der Waals surface area contributed by atoms with Gasteiger partial charge in [-0.2, -0.15) is 9.07 Å². The van der Waals surface area contributed by atoms with Gasteiger partial charge in [0, 0.05) is 10.4 Å². The van der Waals surface area contributed by atoms with Gasteiger partial charge >= 0.3 is 0 Å². The highest BCUT2D eigenvalue weighted by molar-refractivity contribution is 7.90. The summed E-state index contributed by atoms with van der Waals surface area (Å²) in [6.07, 6.45) is 1.22. The van der Waals surface area contributed by atoms with Gasteiger partial charge in [-0.3, -0.25) is 9.89 Å². The summed E-state index contributed by atoms with van der Waals surface area (Å²) in [5, 5.41) is 7.05. The van der Waals surface area contributed by atoms with Gasteiger partial charge in [0.05, 0.1) is 27.5 Å². The van der Waals surface area contributed by atoms with E-state index in [1.807, 2.05) is 0 Å². The molecule has 0 fully saturated rings. The largest absolute Gasteiger partial charge is 0.277 e. The molecule has 4 rings (SSSR count). The fourth-order valence-corrected chi connectivity index (χ4v) is 4.26. The molecule has 2 heterocycles. The summed E-state index contributed by atoms with van der Waals surface area (Å²) < 4.78 is 40.4. The summed E-state index contributed by atoms with van der Waals surface area (Å²) in [5.74, 6) is -0.558. The van der Waals surface area contributed by atoms with Crippen molar-refractivity contribution in [3.63, 3.8) is 0 Å². The van der Waals surface area contributed by atoms with Crippen LogP contribution >= 0.6 is 11.6 Å². The van der Waals surface area contributed by atoms with Gasteiger partial charge in [0.2, 0.25) is 0 Å². The van der Waals surface area contributed by atoms with Crippen molar-refractivity contribution in [2.75, 3.05) is 0 Å². The summed E-state index contributed by atoms with van der Waals surface area (Å²) >= 11 is 5.80. The number of rotatable bonds is 2. The molecular weight excluding hydrogens is 369 g/mol. The number of halogens is 2. The molecule has 1 N–H and O–H groups in total. The van der Waals surface area contributed by atoms with Gasteiger partial charge in [0.1, 0.15) is 5.82 Å². The van der Waals surface area contributed by atoms with E-state index in [0.29, 0.717) is 9.00 Å². The van der Waals surface area contributed by atoms with E-state index in [9.17, 15) is 17.6 Å². The zero-order valence-electron chi connectivity index (χ0n) is 12.4. The molecule has 0 saturated heterocycles. The zero-order chi connectivity index (χ0) is 17.8. The number of hydrogen-bond acceptors (Lipinski definition) is 4. The molecule has 0 saturated carbocycles. The molecule has 0 bridgehead atoms. The van der Waals surface area contributed by atoms with Crippen molar-refractivity contribution >= 4 is 43.4 Å². The van der Waals surface area contributed by atoms with E-state index >= 15 is 0 Å². The van der Waals surface area contributed by atoms with Crippen molar-refractivity contribution in [3.05, 3.63) is 69.9 Å². The van der Waals surface area contributed by atoms with Crippen LogP contribution in [0.25, 0.3) is 21.8 Å². The molecule has 0 atom stereocenters. The van der Waals surface area contributed by atoms with Gasteiger partial charge in [-0.25, -0.2) is 12.8 Å². The van der Waals surface area contributed by atoms with E-state index in [2.05, 4.69) is 10.2 Å². The minimum Gasteiger partial charge on any atom is -0.277 e. The Labute approximate surface area is 145 Å². The first-order valence-electron chi connectivity index (χ1n) is 7.08. The van der Waals surface area contributed by atoms with Crippen LogP contribution in [0.3, 0.4) is 0 Å². The maximum atomic E-state index is 13.7. The number of nitrogens with one attached hydrogen (secondary N) is 1. The summed E-state index contributed by atoms with van der Waals surface area (Å²) in [6.45, 7) is 0. The number of pyridine rings is 1. The Kier molecular flexibility index (Phi) is 3.41. The lowest BCUT2D eigenvalue weighted by molar-refractivity contribution is 0.587. The third kappa shape index (κ3) is 2.33. The fourth-order valence-electron chi connectivity index (χ4n) is 2.71. The lowest BCUT2D eigenvalue weighted by Gasteiger charge is -2.12. The normalized spacial score (nSPS) is 12.1. The molecule has 0 spiro atoms. The zero-order valence-corrected chi connectivity index (χ0v) is 14.0. The molecular formula is C16H9ClFN3O3S. The van der Waals surface area contributed by atoms with Crippen LogP contribution in [0.15, 0.2) is 58.4 Å². The molecule has 0 unspecified atom stereocenters. The first-order valence-corrected chi connectivity index (χ1v) is 8.90. The van der Waals surface area contributed by atoms with Crippen LogP contribution in [-0.4, -0.2) is 22.6 Å². The van der Waals surface area contributed by atoms with Crippen LogP contribution in [0.2, 0.25) is 5.02 Å². The second-order valence-corrected chi connectivity index (χ2v) is 7.57. The van der Waals surface area contributed by atoms with Crippen molar-refractivity contribution in [2.45, 2.75) is 4.90 Å². The Bertz CT molecular complexity index is 1290. The van der Waals surface area contributed by atoms with Crippen molar-refractivity contribution in [1.29, 1.82) is 0 Å². The van der Waals surface area contributed by atoms with E-state index in [1.54, 1.807) is 0 Å². The molecule has 2 aromatic carbocycles. The van der Waals surface area contributed by atoms with Gasteiger partial charge < -0.3 is 0 Å². The predicted molar refractivity (Wildman–Crippen MR) is 91.9 cm³/mol. The van der Waals surface area contributed by atoms with E-state index in [0.717, 1.165) is 12.1 Å². The molecule has 25 heavy (non-hydrogen) atoms. The second kappa shape index (κ2) is 5.40. The Morgan fingerprint density at radius 3 is 2.52 bits per heavy atom. The van der Waals surface area contributed by atoms with Crippen LogP contribution in [0.4, 0.5) is 4.39 Å².